The molecule has 2 heterocycles. The van der Waals surface area contributed by atoms with Gasteiger partial charge in [-0.1, -0.05) is 58.4 Å². The molecule has 1 atom stereocenters. The van der Waals surface area contributed by atoms with Crippen molar-refractivity contribution in [2.24, 2.45) is 5.41 Å². The van der Waals surface area contributed by atoms with Crippen molar-refractivity contribution in [3.05, 3.63) is 57.3 Å². The fourth-order valence-electron chi connectivity index (χ4n) is 4.14. The van der Waals surface area contributed by atoms with Gasteiger partial charge in [-0.25, -0.2) is 0 Å². The van der Waals surface area contributed by atoms with E-state index in [2.05, 4.69) is 37.4 Å². The first-order valence-corrected chi connectivity index (χ1v) is 11.8. The SMILES string of the molecule is CCCCN(CC(=O)N1CCc2sccc2[C@H]1c1ccccc1C)C(=O)C(C)(C)C. The number of rotatable bonds is 6. The lowest BCUT2D eigenvalue weighted by atomic mass is 9.90. The Bertz CT molecular complexity index is 897. The number of fused-ring (bicyclic) bond motifs is 1. The second-order valence-corrected chi connectivity index (χ2v) is 10.2. The maximum atomic E-state index is 13.6. The first-order valence-electron chi connectivity index (χ1n) is 10.9. The molecule has 3 rings (SSSR count). The van der Waals surface area contributed by atoms with E-state index in [9.17, 15) is 9.59 Å². The predicted molar refractivity (Wildman–Crippen MR) is 124 cm³/mol. The summed E-state index contributed by atoms with van der Waals surface area (Å²) in [7, 11) is 0. The number of aryl methyl sites for hydroxylation is 1. The van der Waals surface area contributed by atoms with Crippen LogP contribution in [0.15, 0.2) is 35.7 Å². The molecule has 0 aliphatic carbocycles. The van der Waals surface area contributed by atoms with E-state index in [-0.39, 0.29) is 24.4 Å². The van der Waals surface area contributed by atoms with Gasteiger partial charge in [-0.3, -0.25) is 9.59 Å². The molecule has 1 aliphatic heterocycles. The summed E-state index contributed by atoms with van der Waals surface area (Å²) in [5.74, 6) is 0.0822. The Morgan fingerprint density at radius 1 is 1.17 bits per heavy atom. The number of thiophene rings is 1. The summed E-state index contributed by atoms with van der Waals surface area (Å²) >= 11 is 1.77. The third-order valence-corrected chi connectivity index (χ3v) is 6.80. The Balaban J connectivity index is 1.91. The maximum absolute atomic E-state index is 13.6. The van der Waals surface area contributed by atoms with Crippen LogP contribution in [0.1, 0.15) is 68.1 Å². The lowest BCUT2D eigenvalue weighted by Crippen LogP contribution is -2.49. The molecule has 0 N–H and O–H groups in total. The standard InChI is InChI=1S/C25H34N2O2S/c1-6-7-14-26(24(29)25(3,4)5)17-22(28)27-15-12-21-20(13-16-30-21)23(27)19-11-9-8-10-18(19)2/h8-11,13,16,23H,6-7,12,14-15,17H2,1-5H3/t23-/m1/s1. The van der Waals surface area contributed by atoms with Gasteiger partial charge in [0.2, 0.25) is 11.8 Å². The summed E-state index contributed by atoms with van der Waals surface area (Å²) in [5, 5.41) is 2.13. The Hall–Kier alpha value is -2.14. The average molecular weight is 427 g/mol. The molecule has 4 nitrogen and oxygen atoms in total. The lowest BCUT2D eigenvalue weighted by molar-refractivity contribution is -0.146. The van der Waals surface area contributed by atoms with Crippen LogP contribution in [0.4, 0.5) is 0 Å². The third kappa shape index (κ3) is 4.77. The molecule has 0 fully saturated rings. The molecule has 1 aliphatic rings. The van der Waals surface area contributed by atoms with Crippen molar-refractivity contribution in [1.82, 2.24) is 9.80 Å². The number of amides is 2. The quantitative estimate of drug-likeness (QED) is 0.636. The second-order valence-electron chi connectivity index (χ2n) is 9.23. The van der Waals surface area contributed by atoms with Crippen molar-refractivity contribution in [2.45, 2.75) is 59.9 Å². The highest BCUT2D eigenvalue weighted by molar-refractivity contribution is 7.10. The minimum atomic E-state index is -0.494. The summed E-state index contributed by atoms with van der Waals surface area (Å²) in [5.41, 5.74) is 3.10. The zero-order chi connectivity index (χ0) is 21.9. The van der Waals surface area contributed by atoms with Gasteiger partial charge >= 0.3 is 0 Å². The zero-order valence-corrected chi connectivity index (χ0v) is 19.7. The highest BCUT2D eigenvalue weighted by Crippen LogP contribution is 2.39. The van der Waals surface area contributed by atoms with E-state index in [4.69, 9.17) is 0 Å². The summed E-state index contributed by atoms with van der Waals surface area (Å²) in [6.45, 7) is 11.5. The lowest BCUT2D eigenvalue weighted by Gasteiger charge is -2.39. The Kier molecular flexibility index (Phi) is 7.02. The van der Waals surface area contributed by atoms with Crippen LogP contribution in [0.3, 0.4) is 0 Å². The number of nitrogens with zero attached hydrogens (tertiary/aromatic N) is 2. The highest BCUT2D eigenvalue weighted by atomic mass is 32.1. The van der Waals surface area contributed by atoms with Crippen molar-refractivity contribution < 1.29 is 9.59 Å². The van der Waals surface area contributed by atoms with Crippen LogP contribution >= 0.6 is 11.3 Å². The second kappa shape index (κ2) is 9.34. The van der Waals surface area contributed by atoms with E-state index in [1.54, 1.807) is 16.2 Å². The van der Waals surface area contributed by atoms with Gasteiger partial charge in [0.15, 0.2) is 0 Å². The number of carbonyl (C=O) groups is 2. The first kappa shape index (κ1) is 22.5. The van der Waals surface area contributed by atoms with Crippen molar-refractivity contribution in [1.29, 1.82) is 0 Å². The molecule has 2 aromatic rings. The average Bonchev–Trinajstić information content (AvgIpc) is 3.18. The van der Waals surface area contributed by atoms with E-state index in [1.165, 1.54) is 21.6 Å². The first-order chi connectivity index (χ1) is 14.2. The fraction of sp³-hybridized carbons (Fsp3) is 0.520. The molecular weight excluding hydrogens is 392 g/mol. The van der Waals surface area contributed by atoms with Gasteiger partial charge in [0, 0.05) is 23.4 Å². The van der Waals surface area contributed by atoms with Crippen LogP contribution in [0.5, 0.6) is 0 Å². The molecule has 0 spiro atoms. The summed E-state index contributed by atoms with van der Waals surface area (Å²) in [6.07, 6.45) is 2.78. The van der Waals surface area contributed by atoms with Crippen molar-refractivity contribution in [2.75, 3.05) is 19.6 Å². The third-order valence-electron chi connectivity index (χ3n) is 5.81. The molecule has 1 aromatic heterocycles. The molecule has 0 saturated carbocycles. The van der Waals surface area contributed by atoms with Gasteiger partial charge in [-0.15, -0.1) is 11.3 Å². The van der Waals surface area contributed by atoms with E-state index < -0.39 is 5.41 Å². The van der Waals surface area contributed by atoms with Crippen LogP contribution in [0.25, 0.3) is 0 Å². The van der Waals surface area contributed by atoms with Gasteiger partial charge in [-0.2, -0.15) is 0 Å². The monoisotopic (exact) mass is 426 g/mol. The van der Waals surface area contributed by atoms with Crippen LogP contribution in [-0.4, -0.2) is 41.2 Å². The van der Waals surface area contributed by atoms with Gasteiger partial charge in [0.05, 0.1) is 12.6 Å². The summed E-state index contributed by atoms with van der Waals surface area (Å²) < 4.78 is 0. The smallest absolute Gasteiger partial charge is 0.242 e. The Morgan fingerprint density at radius 2 is 1.90 bits per heavy atom. The number of hydrogen-bond donors (Lipinski definition) is 0. The molecule has 0 unspecified atom stereocenters. The molecule has 162 valence electrons. The molecular formula is C25H34N2O2S. The van der Waals surface area contributed by atoms with Crippen molar-refractivity contribution >= 4 is 23.2 Å². The van der Waals surface area contributed by atoms with Gasteiger partial charge < -0.3 is 9.80 Å². The van der Waals surface area contributed by atoms with Crippen LogP contribution in [-0.2, 0) is 16.0 Å². The molecule has 2 amide bonds. The number of hydrogen-bond acceptors (Lipinski definition) is 3. The van der Waals surface area contributed by atoms with Crippen LogP contribution in [0, 0.1) is 12.3 Å². The van der Waals surface area contributed by atoms with Gasteiger partial charge in [0.1, 0.15) is 0 Å². The van der Waals surface area contributed by atoms with Crippen molar-refractivity contribution in [3.63, 3.8) is 0 Å². The zero-order valence-electron chi connectivity index (χ0n) is 18.9. The predicted octanol–water partition coefficient (Wildman–Crippen LogP) is 5.21. The number of benzene rings is 1. The molecule has 0 radical (unpaired) electrons. The topological polar surface area (TPSA) is 40.6 Å². The fourth-order valence-corrected chi connectivity index (χ4v) is 5.05. The van der Waals surface area contributed by atoms with E-state index in [0.29, 0.717) is 13.1 Å². The molecule has 30 heavy (non-hydrogen) atoms. The summed E-state index contributed by atoms with van der Waals surface area (Å²) in [6, 6.07) is 10.4. The number of carbonyl (C=O) groups excluding carboxylic acids is 2. The molecule has 1 aromatic carbocycles. The van der Waals surface area contributed by atoms with Crippen molar-refractivity contribution in [3.8, 4) is 0 Å². The Morgan fingerprint density at radius 3 is 2.57 bits per heavy atom. The molecule has 0 saturated heterocycles. The Labute approximate surface area is 184 Å². The van der Waals surface area contributed by atoms with Crippen LogP contribution < -0.4 is 0 Å². The maximum Gasteiger partial charge on any atom is 0.242 e. The van der Waals surface area contributed by atoms with Gasteiger partial charge in [0.25, 0.3) is 0 Å². The summed E-state index contributed by atoms with van der Waals surface area (Å²) in [4.78, 5) is 31.7. The largest absolute Gasteiger partial charge is 0.333 e. The highest BCUT2D eigenvalue weighted by Gasteiger charge is 2.35. The molecule has 0 bridgehead atoms. The van der Waals surface area contributed by atoms with E-state index >= 15 is 0 Å². The van der Waals surface area contributed by atoms with E-state index in [1.807, 2.05) is 37.8 Å². The normalized spacial score (nSPS) is 16.3. The van der Waals surface area contributed by atoms with E-state index in [0.717, 1.165) is 19.3 Å². The number of unbranched alkanes of at least 4 members (excludes halogenated alkanes) is 1. The minimum absolute atomic E-state index is 0.0359. The molecule has 5 heteroatoms. The minimum Gasteiger partial charge on any atom is -0.333 e. The van der Waals surface area contributed by atoms with Crippen LogP contribution in [0.2, 0.25) is 0 Å². The van der Waals surface area contributed by atoms with Gasteiger partial charge in [-0.05, 0) is 47.9 Å².